The number of halogens is 3. The van der Waals surface area contributed by atoms with Crippen molar-refractivity contribution in [2.45, 2.75) is 19.1 Å². The number of hydrogen-bond acceptors (Lipinski definition) is 8. The van der Waals surface area contributed by atoms with Crippen LogP contribution in [0.3, 0.4) is 0 Å². The molecule has 0 unspecified atom stereocenters. The fraction of sp³-hybridized carbons (Fsp3) is 0.360. The number of aromatic nitrogens is 3. The molecule has 3 aromatic rings. The van der Waals surface area contributed by atoms with Gasteiger partial charge in [-0.05, 0) is 49.4 Å². The molecule has 1 saturated heterocycles. The zero-order chi connectivity index (χ0) is 26.1. The van der Waals surface area contributed by atoms with Crippen molar-refractivity contribution in [1.82, 2.24) is 19.9 Å². The molecule has 9 nitrogen and oxygen atoms in total. The number of benzene rings is 1. The number of morpholine rings is 1. The molecular weight excluding hydrogens is 487 g/mol. The highest BCUT2D eigenvalue weighted by atomic mass is 19.4. The Labute approximate surface area is 212 Å². The van der Waals surface area contributed by atoms with Crippen LogP contribution in [0.1, 0.15) is 28.0 Å². The monoisotopic (exact) mass is 515 g/mol. The summed E-state index contributed by atoms with van der Waals surface area (Å²) < 4.78 is 44.3. The molecule has 0 aliphatic carbocycles. The quantitative estimate of drug-likeness (QED) is 0.350. The van der Waals surface area contributed by atoms with E-state index in [0.717, 1.165) is 57.9 Å². The molecule has 196 valence electrons. The van der Waals surface area contributed by atoms with Crippen LogP contribution >= 0.6 is 0 Å². The first-order valence-corrected chi connectivity index (χ1v) is 11.9. The number of hydrogen-bond donors (Lipinski definition) is 3. The van der Waals surface area contributed by atoms with E-state index in [1.165, 1.54) is 18.3 Å². The van der Waals surface area contributed by atoms with E-state index in [-0.39, 0.29) is 23.6 Å². The normalized spacial score (nSPS) is 14.2. The number of alkyl halides is 3. The highest BCUT2D eigenvalue weighted by Gasteiger charge is 2.30. The molecule has 3 N–H and O–H groups in total. The Morgan fingerprint density at radius 3 is 2.68 bits per heavy atom. The minimum atomic E-state index is -4.50. The Balaban J connectivity index is 1.32. The topological polar surface area (TPSA) is 104 Å². The summed E-state index contributed by atoms with van der Waals surface area (Å²) in [7, 11) is 0. The zero-order valence-corrected chi connectivity index (χ0v) is 20.1. The van der Waals surface area contributed by atoms with Gasteiger partial charge in [-0.1, -0.05) is 6.07 Å². The van der Waals surface area contributed by atoms with Gasteiger partial charge >= 0.3 is 6.18 Å². The second-order valence-electron chi connectivity index (χ2n) is 8.39. The summed E-state index contributed by atoms with van der Waals surface area (Å²) >= 11 is 0. The lowest BCUT2D eigenvalue weighted by atomic mass is 10.1. The first-order chi connectivity index (χ1) is 17.9. The van der Waals surface area contributed by atoms with Gasteiger partial charge in [-0.15, -0.1) is 0 Å². The second-order valence-corrected chi connectivity index (χ2v) is 8.39. The molecule has 2 aromatic heterocycles. The van der Waals surface area contributed by atoms with Gasteiger partial charge in [0.25, 0.3) is 5.91 Å². The number of amides is 1. The smallest absolute Gasteiger partial charge is 0.379 e. The first-order valence-electron chi connectivity index (χ1n) is 11.9. The van der Waals surface area contributed by atoms with Gasteiger partial charge in [-0.2, -0.15) is 13.2 Å². The standard InChI is InChI=1S/C25H28F3N7O2/c26-25(27,28)18-4-1-5-19(16-18)33-23(36)21-6-2-8-29-22(21)32-17-20-7-10-31-24(34-20)30-9-3-11-35-12-14-37-15-13-35/h1-2,4-8,10,16H,3,9,11-15,17H2,(H,29,32)(H,33,36)(H,30,31,34). The minimum Gasteiger partial charge on any atom is -0.379 e. The summed E-state index contributed by atoms with van der Waals surface area (Å²) in [6, 6.07) is 9.34. The Kier molecular flexibility index (Phi) is 8.86. The molecule has 3 heterocycles. The maximum atomic E-state index is 13.0. The van der Waals surface area contributed by atoms with E-state index in [1.807, 2.05) is 0 Å². The molecule has 0 spiro atoms. The van der Waals surface area contributed by atoms with Crippen LogP contribution in [-0.2, 0) is 17.5 Å². The number of nitrogens with one attached hydrogen (secondary N) is 3. The van der Waals surface area contributed by atoms with Crippen LogP contribution in [0.2, 0.25) is 0 Å². The molecule has 0 radical (unpaired) electrons. The first kappa shape index (κ1) is 26.3. The third-order valence-electron chi connectivity index (χ3n) is 5.69. The van der Waals surface area contributed by atoms with E-state index in [4.69, 9.17) is 4.74 Å². The molecule has 0 bridgehead atoms. The van der Waals surface area contributed by atoms with Crippen molar-refractivity contribution >= 4 is 23.4 Å². The van der Waals surface area contributed by atoms with E-state index >= 15 is 0 Å². The molecule has 37 heavy (non-hydrogen) atoms. The molecule has 1 amide bonds. The van der Waals surface area contributed by atoms with E-state index in [2.05, 4.69) is 35.8 Å². The van der Waals surface area contributed by atoms with Gasteiger partial charge in [0.2, 0.25) is 5.95 Å². The summed E-state index contributed by atoms with van der Waals surface area (Å²) in [6.07, 6.45) is -0.390. The van der Waals surface area contributed by atoms with Crippen molar-refractivity contribution in [2.24, 2.45) is 0 Å². The molecule has 1 aromatic carbocycles. The van der Waals surface area contributed by atoms with E-state index in [1.54, 1.807) is 24.4 Å². The summed E-state index contributed by atoms with van der Waals surface area (Å²) in [6.45, 7) is 5.42. The maximum absolute atomic E-state index is 13.0. The van der Waals surface area contributed by atoms with Gasteiger partial charge in [0.15, 0.2) is 0 Å². The highest BCUT2D eigenvalue weighted by molar-refractivity contribution is 6.07. The highest BCUT2D eigenvalue weighted by Crippen LogP contribution is 2.30. The van der Waals surface area contributed by atoms with Gasteiger partial charge in [-0.3, -0.25) is 9.69 Å². The van der Waals surface area contributed by atoms with E-state index < -0.39 is 17.6 Å². The maximum Gasteiger partial charge on any atom is 0.416 e. The van der Waals surface area contributed by atoms with Crippen molar-refractivity contribution in [3.8, 4) is 0 Å². The number of rotatable bonds is 10. The number of carbonyl (C=O) groups is 1. The lowest BCUT2D eigenvalue weighted by Crippen LogP contribution is -2.37. The average molecular weight is 516 g/mol. The van der Waals surface area contributed by atoms with E-state index in [9.17, 15) is 18.0 Å². The molecule has 12 heteroatoms. The number of carbonyl (C=O) groups excluding carboxylic acids is 1. The SMILES string of the molecule is O=C(Nc1cccc(C(F)(F)F)c1)c1cccnc1NCc1ccnc(NCCCN2CCOCC2)n1. The van der Waals surface area contributed by atoms with Crippen molar-refractivity contribution in [3.63, 3.8) is 0 Å². The molecule has 0 atom stereocenters. The van der Waals surface area contributed by atoms with Crippen LogP contribution < -0.4 is 16.0 Å². The third kappa shape index (κ3) is 7.86. The van der Waals surface area contributed by atoms with Gasteiger partial charge in [0, 0.05) is 37.7 Å². The Bertz CT molecular complexity index is 1190. The van der Waals surface area contributed by atoms with Crippen LogP contribution in [-0.4, -0.2) is 65.2 Å². The van der Waals surface area contributed by atoms with Crippen LogP contribution in [0.4, 0.5) is 30.6 Å². The van der Waals surface area contributed by atoms with Crippen molar-refractivity contribution in [1.29, 1.82) is 0 Å². The van der Waals surface area contributed by atoms with E-state index in [0.29, 0.717) is 11.6 Å². The lowest BCUT2D eigenvalue weighted by molar-refractivity contribution is -0.137. The zero-order valence-electron chi connectivity index (χ0n) is 20.1. The summed E-state index contributed by atoms with van der Waals surface area (Å²) in [5.41, 5.74) is 0.0647. The predicted octanol–water partition coefficient (Wildman–Crippen LogP) is 3.89. The fourth-order valence-electron chi connectivity index (χ4n) is 3.78. The fourth-order valence-corrected chi connectivity index (χ4v) is 3.78. The minimum absolute atomic E-state index is 0.0368. The van der Waals surface area contributed by atoms with Crippen LogP contribution in [0.5, 0.6) is 0 Å². The van der Waals surface area contributed by atoms with Crippen LogP contribution in [0, 0.1) is 0 Å². The molecule has 1 aliphatic heterocycles. The largest absolute Gasteiger partial charge is 0.416 e. The second kappa shape index (κ2) is 12.5. The molecule has 4 rings (SSSR count). The van der Waals surface area contributed by atoms with Crippen molar-refractivity contribution in [2.75, 3.05) is 55.3 Å². The Hall–Kier alpha value is -3.77. The Morgan fingerprint density at radius 1 is 1.03 bits per heavy atom. The van der Waals surface area contributed by atoms with Gasteiger partial charge < -0.3 is 20.7 Å². The van der Waals surface area contributed by atoms with Crippen molar-refractivity contribution in [3.05, 3.63) is 71.7 Å². The van der Waals surface area contributed by atoms with Gasteiger partial charge in [-0.25, -0.2) is 15.0 Å². The third-order valence-corrected chi connectivity index (χ3v) is 5.69. The summed E-state index contributed by atoms with van der Waals surface area (Å²) in [5.74, 6) is 0.204. The Morgan fingerprint density at radius 2 is 1.86 bits per heavy atom. The number of nitrogens with zero attached hydrogens (tertiary/aromatic N) is 4. The predicted molar refractivity (Wildman–Crippen MR) is 133 cm³/mol. The molecule has 1 fully saturated rings. The number of anilines is 3. The number of pyridine rings is 1. The van der Waals surface area contributed by atoms with Gasteiger partial charge in [0.1, 0.15) is 5.82 Å². The van der Waals surface area contributed by atoms with Gasteiger partial charge in [0.05, 0.1) is 36.6 Å². The van der Waals surface area contributed by atoms with Crippen LogP contribution in [0.15, 0.2) is 54.9 Å². The summed E-state index contributed by atoms with van der Waals surface area (Å²) in [5, 5.41) is 8.81. The number of ether oxygens (including phenoxy) is 1. The molecular formula is C25H28F3N7O2. The molecule has 1 aliphatic rings. The lowest BCUT2D eigenvalue weighted by Gasteiger charge is -2.26. The van der Waals surface area contributed by atoms with Crippen LogP contribution in [0.25, 0.3) is 0 Å². The summed E-state index contributed by atoms with van der Waals surface area (Å²) in [4.78, 5) is 28.1. The average Bonchev–Trinajstić information content (AvgIpc) is 2.91. The molecule has 0 saturated carbocycles. The van der Waals surface area contributed by atoms with Crippen molar-refractivity contribution < 1.29 is 22.7 Å².